The van der Waals surface area contributed by atoms with Crippen molar-refractivity contribution in [2.24, 2.45) is 0 Å². The van der Waals surface area contributed by atoms with E-state index in [1.54, 1.807) is 0 Å². The van der Waals surface area contributed by atoms with E-state index < -0.39 is 5.97 Å². The molecule has 0 amide bonds. The lowest BCUT2D eigenvalue weighted by atomic mass is 9.91. The Bertz CT molecular complexity index is 389. The van der Waals surface area contributed by atoms with Gasteiger partial charge in [0.2, 0.25) is 0 Å². The summed E-state index contributed by atoms with van der Waals surface area (Å²) >= 11 is 0. The monoisotopic (exact) mass is 280 g/mol. The van der Waals surface area contributed by atoms with Gasteiger partial charge in [0.05, 0.1) is 0 Å². The second kappa shape index (κ2) is 7.46. The lowest BCUT2D eigenvalue weighted by Crippen LogP contribution is -2.23. The molecule has 4 heteroatoms. The van der Waals surface area contributed by atoms with Crippen LogP contribution in [0.5, 0.6) is 0 Å². The molecule has 1 saturated carbocycles. The molecule has 0 aromatic carbocycles. The average Bonchev–Trinajstić information content (AvgIpc) is 2.41. The van der Waals surface area contributed by atoms with Gasteiger partial charge in [0.15, 0.2) is 0 Å². The predicted octanol–water partition coefficient (Wildman–Crippen LogP) is 3.60. The zero-order valence-electron chi connectivity index (χ0n) is 12.0. The molecule has 0 spiro atoms. The second-order valence-electron chi connectivity index (χ2n) is 5.84. The molecule has 2 rings (SSSR count). The van der Waals surface area contributed by atoms with Gasteiger partial charge in [-0.25, -0.2) is 9.59 Å². The third-order valence-corrected chi connectivity index (χ3v) is 4.30. The van der Waals surface area contributed by atoms with E-state index in [1.807, 2.05) is 0 Å². The Labute approximate surface area is 120 Å². The van der Waals surface area contributed by atoms with Crippen LogP contribution in [0.4, 0.5) is 0 Å². The first-order chi connectivity index (χ1) is 9.68. The van der Waals surface area contributed by atoms with Crippen molar-refractivity contribution in [3.63, 3.8) is 0 Å². The van der Waals surface area contributed by atoms with Crippen LogP contribution in [0.2, 0.25) is 0 Å². The molecule has 4 nitrogen and oxygen atoms in total. The van der Waals surface area contributed by atoms with Crippen molar-refractivity contribution in [3.05, 3.63) is 11.1 Å². The van der Waals surface area contributed by atoms with Gasteiger partial charge in [-0.2, -0.15) is 0 Å². The Balaban J connectivity index is 2.00. The topological polar surface area (TPSA) is 63.6 Å². The summed E-state index contributed by atoms with van der Waals surface area (Å²) in [4.78, 5) is 23.4. The SMILES string of the molecule is O=C(O)C1=C(C(=O)OC2CCCCCCC2)CCCC1. The Morgan fingerprint density at radius 2 is 1.40 bits per heavy atom. The zero-order chi connectivity index (χ0) is 14.4. The van der Waals surface area contributed by atoms with Gasteiger partial charge in [-0.1, -0.05) is 19.3 Å². The van der Waals surface area contributed by atoms with Crippen LogP contribution in [0.25, 0.3) is 0 Å². The third-order valence-electron chi connectivity index (χ3n) is 4.30. The molecule has 2 aliphatic rings. The van der Waals surface area contributed by atoms with Crippen LogP contribution in [0.3, 0.4) is 0 Å². The van der Waals surface area contributed by atoms with Crippen molar-refractivity contribution in [1.82, 2.24) is 0 Å². The zero-order valence-corrected chi connectivity index (χ0v) is 12.0. The first-order valence-electron chi connectivity index (χ1n) is 7.85. The molecule has 0 aliphatic heterocycles. The van der Waals surface area contributed by atoms with Crippen LogP contribution >= 0.6 is 0 Å². The minimum absolute atomic E-state index is 0.0210. The highest BCUT2D eigenvalue weighted by molar-refractivity contribution is 5.99. The fraction of sp³-hybridized carbons (Fsp3) is 0.750. The molecule has 1 fully saturated rings. The highest BCUT2D eigenvalue weighted by Crippen LogP contribution is 2.27. The standard InChI is InChI=1S/C16H24O4/c17-15(18)13-10-6-7-11-14(13)16(19)20-12-8-4-2-1-3-5-9-12/h12H,1-11H2,(H,17,18). The molecule has 0 aromatic heterocycles. The number of esters is 1. The van der Waals surface area contributed by atoms with E-state index in [1.165, 1.54) is 19.3 Å². The van der Waals surface area contributed by atoms with E-state index in [-0.39, 0.29) is 17.6 Å². The van der Waals surface area contributed by atoms with Crippen LogP contribution < -0.4 is 0 Å². The van der Waals surface area contributed by atoms with Crippen molar-refractivity contribution >= 4 is 11.9 Å². The normalized spacial score (nSPS) is 22.0. The highest BCUT2D eigenvalue weighted by atomic mass is 16.5. The fourth-order valence-electron chi connectivity index (χ4n) is 3.13. The van der Waals surface area contributed by atoms with Crippen LogP contribution in [-0.4, -0.2) is 23.1 Å². The van der Waals surface area contributed by atoms with Gasteiger partial charge in [0, 0.05) is 11.1 Å². The predicted molar refractivity (Wildman–Crippen MR) is 75.3 cm³/mol. The number of rotatable bonds is 3. The molecule has 2 aliphatic carbocycles. The molecule has 0 aromatic rings. The van der Waals surface area contributed by atoms with Crippen LogP contribution in [0.15, 0.2) is 11.1 Å². The third kappa shape index (κ3) is 4.09. The fourth-order valence-corrected chi connectivity index (χ4v) is 3.13. The summed E-state index contributed by atoms with van der Waals surface area (Å²) in [5, 5.41) is 9.18. The maximum atomic E-state index is 12.2. The van der Waals surface area contributed by atoms with E-state index in [2.05, 4.69) is 0 Å². The number of carbonyl (C=O) groups excluding carboxylic acids is 1. The van der Waals surface area contributed by atoms with Crippen molar-refractivity contribution in [1.29, 1.82) is 0 Å². The van der Waals surface area contributed by atoms with Gasteiger partial charge < -0.3 is 9.84 Å². The molecule has 0 heterocycles. The van der Waals surface area contributed by atoms with E-state index in [0.717, 1.165) is 38.5 Å². The first kappa shape index (κ1) is 15.1. The van der Waals surface area contributed by atoms with Gasteiger partial charge >= 0.3 is 11.9 Å². The minimum Gasteiger partial charge on any atom is -0.478 e. The molecule has 1 N–H and O–H groups in total. The Morgan fingerprint density at radius 3 is 2.00 bits per heavy atom. The highest BCUT2D eigenvalue weighted by Gasteiger charge is 2.26. The van der Waals surface area contributed by atoms with Crippen molar-refractivity contribution in [2.45, 2.75) is 76.7 Å². The molecule has 0 unspecified atom stereocenters. The smallest absolute Gasteiger partial charge is 0.334 e. The van der Waals surface area contributed by atoms with Crippen LogP contribution in [-0.2, 0) is 14.3 Å². The Morgan fingerprint density at radius 1 is 0.850 bits per heavy atom. The van der Waals surface area contributed by atoms with E-state index >= 15 is 0 Å². The molecule has 20 heavy (non-hydrogen) atoms. The van der Waals surface area contributed by atoms with Gasteiger partial charge in [0.1, 0.15) is 6.10 Å². The van der Waals surface area contributed by atoms with Crippen molar-refractivity contribution in [3.8, 4) is 0 Å². The number of carbonyl (C=O) groups is 2. The number of hydrogen-bond acceptors (Lipinski definition) is 3. The van der Waals surface area contributed by atoms with Gasteiger partial charge in [-0.15, -0.1) is 0 Å². The van der Waals surface area contributed by atoms with Crippen molar-refractivity contribution in [2.75, 3.05) is 0 Å². The molecular weight excluding hydrogens is 256 g/mol. The summed E-state index contributed by atoms with van der Waals surface area (Å²) < 4.78 is 5.59. The molecule has 0 radical (unpaired) electrons. The number of carboxylic acid groups (broad SMARTS) is 1. The number of ether oxygens (including phenoxy) is 1. The molecule has 0 bridgehead atoms. The maximum Gasteiger partial charge on any atom is 0.334 e. The average molecular weight is 280 g/mol. The molecule has 0 atom stereocenters. The van der Waals surface area contributed by atoms with Crippen LogP contribution in [0.1, 0.15) is 70.6 Å². The summed E-state index contributed by atoms with van der Waals surface area (Å²) in [6, 6.07) is 0. The summed E-state index contributed by atoms with van der Waals surface area (Å²) in [5.74, 6) is -1.35. The van der Waals surface area contributed by atoms with E-state index in [0.29, 0.717) is 18.4 Å². The molecule has 0 saturated heterocycles. The lowest BCUT2D eigenvalue weighted by Gasteiger charge is -2.23. The maximum absolute atomic E-state index is 12.2. The second-order valence-corrected chi connectivity index (χ2v) is 5.84. The number of aliphatic carboxylic acids is 1. The largest absolute Gasteiger partial charge is 0.478 e. The number of carboxylic acids is 1. The summed E-state index contributed by atoms with van der Waals surface area (Å²) in [7, 11) is 0. The van der Waals surface area contributed by atoms with Gasteiger partial charge in [-0.3, -0.25) is 0 Å². The summed E-state index contributed by atoms with van der Waals surface area (Å²) in [6.07, 6.45) is 10.5. The van der Waals surface area contributed by atoms with Crippen LogP contribution in [0, 0.1) is 0 Å². The Kier molecular flexibility index (Phi) is 5.62. The minimum atomic E-state index is -0.964. The van der Waals surface area contributed by atoms with Crippen molar-refractivity contribution < 1.29 is 19.4 Å². The quantitative estimate of drug-likeness (QED) is 0.802. The van der Waals surface area contributed by atoms with E-state index in [9.17, 15) is 14.7 Å². The molecular formula is C16H24O4. The van der Waals surface area contributed by atoms with Gasteiger partial charge in [0.25, 0.3) is 0 Å². The number of hydrogen-bond donors (Lipinski definition) is 1. The lowest BCUT2D eigenvalue weighted by molar-refractivity contribution is -0.146. The molecule has 112 valence electrons. The van der Waals surface area contributed by atoms with Gasteiger partial charge in [-0.05, 0) is 51.4 Å². The summed E-state index contributed by atoms with van der Waals surface area (Å²) in [6.45, 7) is 0. The van der Waals surface area contributed by atoms with E-state index in [4.69, 9.17) is 4.74 Å². The first-order valence-corrected chi connectivity index (χ1v) is 7.85. The Hall–Kier alpha value is -1.32. The summed E-state index contributed by atoms with van der Waals surface area (Å²) in [5.41, 5.74) is 0.679.